The Kier molecular flexibility index (Phi) is 3.82. The second-order valence-electron chi connectivity index (χ2n) is 5.99. The van der Waals surface area contributed by atoms with Gasteiger partial charge in [-0.3, -0.25) is 0 Å². The minimum absolute atomic E-state index is 0.507. The van der Waals surface area contributed by atoms with Crippen LogP contribution >= 0.6 is 0 Å². The van der Waals surface area contributed by atoms with E-state index in [1.807, 2.05) is 24.3 Å². The standard InChI is InChI=1S/C18H20N2OS/c21-22-13-14-6-1-2-8-16(14)20(12-15-7-5-11-19-15)17-9-3-4-10-18(17)22/h1-4,6,8-10,15,19H,5,7,11-13H2/t15-,22?/m0/s1. The van der Waals surface area contributed by atoms with Gasteiger partial charge in [-0.15, -0.1) is 0 Å². The van der Waals surface area contributed by atoms with Crippen molar-refractivity contribution >= 4 is 22.6 Å². The zero-order valence-electron chi connectivity index (χ0n) is 12.5. The minimum atomic E-state index is -0.980. The lowest BCUT2D eigenvalue weighted by molar-refractivity contribution is 0.593. The van der Waals surface area contributed by atoms with Gasteiger partial charge in [-0.2, -0.15) is 0 Å². The Morgan fingerprint density at radius 1 is 1.09 bits per heavy atom. The molecule has 0 spiro atoms. The van der Waals surface area contributed by atoms with E-state index in [0.717, 1.165) is 23.7 Å². The van der Waals surface area contributed by atoms with Crippen LogP contribution < -0.4 is 10.2 Å². The molecule has 0 radical (unpaired) electrons. The summed E-state index contributed by atoms with van der Waals surface area (Å²) in [4.78, 5) is 3.31. The molecule has 114 valence electrons. The number of para-hydroxylation sites is 2. The number of hydrogen-bond donors (Lipinski definition) is 1. The molecule has 1 fully saturated rings. The van der Waals surface area contributed by atoms with Crippen molar-refractivity contribution in [3.05, 3.63) is 54.1 Å². The summed E-state index contributed by atoms with van der Waals surface area (Å²) in [6.07, 6.45) is 2.46. The van der Waals surface area contributed by atoms with Gasteiger partial charge in [-0.25, -0.2) is 0 Å². The smallest absolute Gasteiger partial charge is 0.176 e. The summed E-state index contributed by atoms with van der Waals surface area (Å²) in [6.45, 7) is 2.04. The molecule has 2 aromatic carbocycles. The van der Waals surface area contributed by atoms with Crippen LogP contribution in [0.25, 0.3) is 0 Å². The third kappa shape index (κ3) is 2.51. The number of anilines is 2. The molecule has 2 aromatic rings. The summed E-state index contributed by atoms with van der Waals surface area (Å²) in [5.41, 5.74) is 3.48. The van der Waals surface area contributed by atoms with Crippen LogP contribution in [0, 0.1) is 0 Å². The van der Waals surface area contributed by atoms with Crippen LogP contribution in [-0.4, -0.2) is 23.7 Å². The van der Waals surface area contributed by atoms with Gasteiger partial charge in [0.2, 0.25) is 0 Å². The number of rotatable bonds is 2. The molecule has 0 amide bonds. The van der Waals surface area contributed by atoms with Crippen molar-refractivity contribution < 1.29 is 4.55 Å². The normalized spacial score (nSPS) is 23.8. The fourth-order valence-corrected chi connectivity index (χ4v) is 4.77. The first kappa shape index (κ1) is 14.1. The molecule has 0 saturated carbocycles. The Labute approximate surface area is 134 Å². The minimum Gasteiger partial charge on any atom is -0.611 e. The van der Waals surface area contributed by atoms with Gasteiger partial charge in [0.1, 0.15) is 5.75 Å². The average Bonchev–Trinajstić information content (AvgIpc) is 3.03. The molecule has 1 saturated heterocycles. The first-order valence-electron chi connectivity index (χ1n) is 7.89. The van der Waals surface area contributed by atoms with Gasteiger partial charge in [0.25, 0.3) is 0 Å². The van der Waals surface area contributed by atoms with Crippen molar-refractivity contribution in [2.45, 2.75) is 29.5 Å². The maximum Gasteiger partial charge on any atom is 0.176 e. The topological polar surface area (TPSA) is 38.3 Å². The molecule has 1 unspecified atom stereocenters. The fraction of sp³-hybridized carbons (Fsp3) is 0.333. The molecular formula is C18H20N2OS. The van der Waals surface area contributed by atoms with Crippen molar-refractivity contribution in [1.82, 2.24) is 5.32 Å². The van der Waals surface area contributed by atoms with Crippen LogP contribution in [0.2, 0.25) is 0 Å². The van der Waals surface area contributed by atoms with Gasteiger partial charge < -0.3 is 14.8 Å². The highest BCUT2D eigenvalue weighted by atomic mass is 32.2. The molecule has 2 aliphatic rings. The second-order valence-corrected chi connectivity index (χ2v) is 7.41. The summed E-state index contributed by atoms with van der Waals surface area (Å²) in [7, 11) is 0. The number of hydrogen-bond acceptors (Lipinski definition) is 3. The van der Waals surface area contributed by atoms with Crippen molar-refractivity contribution in [2.75, 3.05) is 18.0 Å². The summed E-state index contributed by atoms with van der Waals surface area (Å²) < 4.78 is 12.7. The summed E-state index contributed by atoms with van der Waals surface area (Å²) in [6, 6.07) is 17.0. The van der Waals surface area contributed by atoms with E-state index in [-0.39, 0.29) is 0 Å². The Bertz CT molecular complexity index is 670. The lowest BCUT2D eigenvalue weighted by atomic mass is 10.1. The van der Waals surface area contributed by atoms with Crippen molar-refractivity contribution in [2.24, 2.45) is 0 Å². The predicted octanol–water partition coefficient (Wildman–Crippen LogP) is 3.20. The highest BCUT2D eigenvalue weighted by molar-refractivity contribution is 7.90. The molecule has 0 aliphatic carbocycles. The van der Waals surface area contributed by atoms with E-state index in [0.29, 0.717) is 11.8 Å². The molecule has 1 N–H and O–H groups in total. The number of nitrogens with zero attached hydrogens (tertiary/aromatic N) is 1. The summed E-state index contributed by atoms with van der Waals surface area (Å²) in [5.74, 6) is 0.599. The molecular weight excluding hydrogens is 292 g/mol. The van der Waals surface area contributed by atoms with E-state index >= 15 is 0 Å². The number of benzene rings is 2. The lowest BCUT2D eigenvalue weighted by Crippen LogP contribution is -2.35. The first-order chi connectivity index (χ1) is 10.8. The third-order valence-corrected chi connectivity index (χ3v) is 5.94. The van der Waals surface area contributed by atoms with Crippen LogP contribution in [0.3, 0.4) is 0 Å². The van der Waals surface area contributed by atoms with E-state index in [1.165, 1.54) is 24.1 Å². The van der Waals surface area contributed by atoms with E-state index in [2.05, 4.69) is 34.5 Å². The van der Waals surface area contributed by atoms with Gasteiger partial charge in [0.05, 0.1) is 5.69 Å². The third-order valence-electron chi connectivity index (χ3n) is 4.54. The zero-order chi connectivity index (χ0) is 14.9. The van der Waals surface area contributed by atoms with Gasteiger partial charge in [0, 0.05) is 23.8 Å². The molecule has 2 aliphatic heterocycles. The summed E-state index contributed by atoms with van der Waals surface area (Å²) in [5, 5.41) is 3.58. The molecule has 22 heavy (non-hydrogen) atoms. The van der Waals surface area contributed by atoms with E-state index in [9.17, 15) is 4.55 Å². The van der Waals surface area contributed by atoms with Crippen LogP contribution in [0.1, 0.15) is 18.4 Å². The monoisotopic (exact) mass is 312 g/mol. The molecule has 3 nitrogen and oxygen atoms in total. The Hall–Kier alpha value is -1.49. The quantitative estimate of drug-likeness (QED) is 0.866. The fourth-order valence-electron chi connectivity index (χ4n) is 3.45. The molecule has 4 heteroatoms. The van der Waals surface area contributed by atoms with E-state index < -0.39 is 11.2 Å². The average molecular weight is 312 g/mol. The summed E-state index contributed by atoms with van der Waals surface area (Å²) >= 11 is -0.980. The highest BCUT2D eigenvalue weighted by Gasteiger charge is 2.30. The van der Waals surface area contributed by atoms with E-state index in [4.69, 9.17) is 0 Å². The molecule has 0 bridgehead atoms. The largest absolute Gasteiger partial charge is 0.611 e. The van der Waals surface area contributed by atoms with Crippen molar-refractivity contribution in [3.8, 4) is 0 Å². The maximum atomic E-state index is 12.7. The Balaban J connectivity index is 1.81. The van der Waals surface area contributed by atoms with Crippen molar-refractivity contribution in [1.29, 1.82) is 0 Å². The first-order valence-corrected chi connectivity index (χ1v) is 9.21. The van der Waals surface area contributed by atoms with Gasteiger partial charge >= 0.3 is 0 Å². The SMILES string of the molecule is [O-][S+]1Cc2ccccc2N(C[C@@H]2CCCN2)c2ccccc21. The Morgan fingerprint density at radius 3 is 2.68 bits per heavy atom. The van der Waals surface area contributed by atoms with Gasteiger partial charge in [0.15, 0.2) is 4.90 Å². The second kappa shape index (κ2) is 5.95. The van der Waals surface area contributed by atoms with E-state index in [1.54, 1.807) is 0 Å². The molecule has 4 rings (SSSR count). The maximum absolute atomic E-state index is 12.7. The van der Waals surface area contributed by atoms with Crippen LogP contribution in [-0.2, 0) is 16.9 Å². The number of fused-ring (bicyclic) bond motifs is 2. The zero-order valence-corrected chi connectivity index (χ0v) is 13.3. The van der Waals surface area contributed by atoms with Crippen LogP contribution in [0.5, 0.6) is 0 Å². The predicted molar refractivity (Wildman–Crippen MR) is 91.0 cm³/mol. The van der Waals surface area contributed by atoms with Gasteiger partial charge in [-0.05, 0) is 48.8 Å². The molecule has 2 heterocycles. The molecule has 0 aromatic heterocycles. The molecule has 2 atom stereocenters. The Morgan fingerprint density at radius 2 is 1.86 bits per heavy atom. The lowest BCUT2D eigenvalue weighted by Gasteiger charge is -2.28. The van der Waals surface area contributed by atoms with Crippen LogP contribution in [0.4, 0.5) is 11.4 Å². The van der Waals surface area contributed by atoms with Crippen LogP contribution in [0.15, 0.2) is 53.4 Å². The highest BCUT2D eigenvalue weighted by Crippen LogP contribution is 2.39. The number of nitrogens with one attached hydrogen (secondary N) is 1. The van der Waals surface area contributed by atoms with Crippen molar-refractivity contribution in [3.63, 3.8) is 0 Å². The van der Waals surface area contributed by atoms with Gasteiger partial charge in [-0.1, -0.05) is 30.3 Å².